The lowest BCUT2D eigenvalue weighted by Crippen LogP contribution is -1.87. The Morgan fingerprint density at radius 1 is 1.08 bits per heavy atom. The number of H-pyrrole nitrogens is 1. The van der Waals surface area contributed by atoms with Crippen molar-refractivity contribution in [3.63, 3.8) is 0 Å². The number of rotatable bonds is 2. The first-order valence-corrected chi connectivity index (χ1v) is 6.92. The van der Waals surface area contributed by atoms with E-state index in [1.807, 2.05) is 12.5 Å². The van der Waals surface area contributed by atoms with Crippen LogP contribution < -0.4 is 0 Å². The molecular weight excluding hydrogens is 265 g/mol. The molecule has 6 heteroatoms. The van der Waals surface area contributed by atoms with Crippen LogP contribution in [0.2, 0.25) is 10.0 Å². The highest BCUT2D eigenvalue weighted by Gasteiger charge is 2.09. The third-order valence-electron chi connectivity index (χ3n) is 1.43. The minimum atomic E-state index is 0.524. The fourth-order valence-corrected chi connectivity index (χ4v) is 2.96. The van der Waals surface area contributed by atoms with Crippen molar-refractivity contribution in [1.29, 1.82) is 0 Å². The topological polar surface area (TPSA) is 15.8 Å². The van der Waals surface area contributed by atoms with Crippen molar-refractivity contribution in [1.82, 2.24) is 4.98 Å². The maximum Gasteiger partial charge on any atom is 0.0932 e. The molecule has 1 rings (SSSR count). The van der Waals surface area contributed by atoms with Gasteiger partial charge in [0.25, 0.3) is 0 Å². The first-order valence-electron chi connectivity index (χ1n) is 3.31. The molecule has 1 aromatic rings. The van der Waals surface area contributed by atoms with Crippen molar-refractivity contribution in [2.75, 3.05) is 12.5 Å². The Morgan fingerprint density at radius 3 is 1.77 bits per heavy atom. The Labute approximate surface area is 101 Å². The van der Waals surface area contributed by atoms with E-state index in [4.69, 9.17) is 35.4 Å². The molecule has 0 saturated heterocycles. The number of nitrogens with one attached hydrogen (secondary N) is 1. The minimum Gasteiger partial charge on any atom is -0.342 e. The van der Waals surface area contributed by atoms with Gasteiger partial charge in [0.1, 0.15) is 0 Å². The highest BCUT2D eigenvalue weighted by molar-refractivity contribution is 7.99. The van der Waals surface area contributed by atoms with E-state index in [2.05, 4.69) is 4.98 Å². The van der Waals surface area contributed by atoms with E-state index in [1.165, 1.54) is 23.5 Å². The normalized spacial score (nSPS) is 10.5. The highest BCUT2D eigenvalue weighted by Crippen LogP contribution is 2.33. The summed E-state index contributed by atoms with van der Waals surface area (Å²) in [4.78, 5) is 3.12. The number of pyridine rings is 1. The van der Waals surface area contributed by atoms with Crippen molar-refractivity contribution in [3.05, 3.63) is 14.6 Å². The molecule has 0 saturated carbocycles. The average Bonchev–Trinajstić information content (AvgIpc) is 2.15. The largest absolute Gasteiger partial charge is 0.342 e. The van der Waals surface area contributed by atoms with Crippen LogP contribution >= 0.6 is 58.9 Å². The van der Waals surface area contributed by atoms with Gasteiger partial charge in [-0.25, -0.2) is 0 Å². The Kier molecular flexibility index (Phi) is 4.45. The second kappa shape index (κ2) is 4.94. The fraction of sp³-hybridized carbons (Fsp3) is 0.286. The van der Waals surface area contributed by atoms with Gasteiger partial charge in [-0.05, 0) is 12.5 Å². The maximum absolute atomic E-state index is 5.98. The van der Waals surface area contributed by atoms with Crippen LogP contribution in [0, 0.1) is 4.51 Å². The van der Waals surface area contributed by atoms with Gasteiger partial charge in [0, 0.05) is 0 Å². The molecule has 1 aromatic heterocycles. The zero-order chi connectivity index (χ0) is 10.0. The molecule has 1 N–H and O–H groups in total. The molecule has 1 heterocycles. The summed E-state index contributed by atoms with van der Waals surface area (Å²) in [6.45, 7) is 0. The molecule has 0 aliphatic carbocycles. The van der Waals surface area contributed by atoms with E-state index in [0.717, 1.165) is 10.1 Å². The predicted molar refractivity (Wildman–Crippen MR) is 65.2 cm³/mol. The maximum atomic E-state index is 5.98. The van der Waals surface area contributed by atoms with Crippen molar-refractivity contribution in [2.45, 2.75) is 10.1 Å². The Morgan fingerprint density at radius 2 is 1.46 bits per heavy atom. The summed E-state index contributed by atoms with van der Waals surface area (Å²) in [5, 5.41) is 2.79. The zero-order valence-electron chi connectivity index (χ0n) is 6.98. The molecule has 0 bridgehead atoms. The third-order valence-corrected chi connectivity index (χ3v) is 4.47. The molecule has 0 aliphatic heterocycles. The zero-order valence-corrected chi connectivity index (χ0v) is 10.9. The summed E-state index contributed by atoms with van der Waals surface area (Å²) < 4.78 is 0.524. The van der Waals surface area contributed by atoms with Crippen LogP contribution in [-0.4, -0.2) is 17.5 Å². The summed E-state index contributed by atoms with van der Waals surface area (Å²) in [5.41, 5.74) is 0. The van der Waals surface area contributed by atoms with Gasteiger partial charge in [0.2, 0.25) is 0 Å². The lowest BCUT2D eigenvalue weighted by molar-refractivity contribution is 1.01. The van der Waals surface area contributed by atoms with Crippen molar-refractivity contribution >= 4 is 58.9 Å². The fourth-order valence-electron chi connectivity index (χ4n) is 0.797. The number of hydrogen-bond acceptors (Lipinski definition) is 3. The van der Waals surface area contributed by atoms with E-state index in [-0.39, 0.29) is 0 Å². The standard InChI is InChI=1S/C7H7Cl2NS3/c1-12-6-3(8)5(11)4(9)7(10-6)13-2/h1-2H3,(H,10,11). The Balaban J connectivity index is 3.46. The SMILES string of the molecule is CSc1[nH]c(SC)c(Cl)c(=S)c1Cl. The molecule has 0 amide bonds. The Bertz CT molecular complexity index is 343. The highest BCUT2D eigenvalue weighted by atomic mass is 35.5. The summed E-state index contributed by atoms with van der Waals surface area (Å²) in [7, 11) is 0. The Hall–Kier alpha value is 0.650. The quantitative estimate of drug-likeness (QED) is 0.630. The summed E-state index contributed by atoms with van der Waals surface area (Å²) in [5.74, 6) is 0. The molecule has 0 aliphatic rings. The molecule has 0 fully saturated rings. The van der Waals surface area contributed by atoms with Crippen molar-refractivity contribution < 1.29 is 0 Å². The molecule has 0 unspecified atom stereocenters. The average molecular weight is 272 g/mol. The number of thioether (sulfide) groups is 2. The van der Waals surface area contributed by atoms with Crippen LogP contribution in [-0.2, 0) is 0 Å². The van der Waals surface area contributed by atoms with Crippen LogP contribution in [0.4, 0.5) is 0 Å². The van der Waals surface area contributed by atoms with Gasteiger partial charge in [-0.15, -0.1) is 23.5 Å². The van der Waals surface area contributed by atoms with E-state index in [1.54, 1.807) is 0 Å². The summed E-state index contributed by atoms with van der Waals surface area (Å²) in [6, 6.07) is 0. The van der Waals surface area contributed by atoms with Crippen molar-refractivity contribution in [2.24, 2.45) is 0 Å². The number of halogens is 2. The molecule has 72 valence electrons. The number of aromatic nitrogens is 1. The first kappa shape index (κ1) is 11.7. The molecule has 0 spiro atoms. The third kappa shape index (κ3) is 2.36. The van der Waals surface area contributed by atoms with Crippen LogP contribution in [0.25, 0.3) is 0 Å². The van der Waals surface area contributed by atoms with E-state index in [0.29, 0.717) is 14.6 Å². The summed E-state index contributed by atoms with van der Waals surface area (Å²) >= 11 is 20.1. The smallest absolute Gasteiger partial charge is 0.0932 e. The lowest BCUT2D eigenvalue weighted by Gasteiger charge is -2.06. The van der Waals surface area contributed by atoms with Crippen LogP contribution in [0.1, 0.15) is 0 Å². The van der Waals surface area contributed by atoms with Gasteiger partial charge in [0.05, 0.1) is 24.6 Å². The number of hydrogen-bond donors (Lipinski definition) is 1. The molecule has 0 atom stereocenters. The first-order chi connectivity index (χ1) is 6.11. The number of aromatic amines is 1. The monoisotopic (exact) mass is 271 g/mol. The lowest BCUT2D eigenvalue weighted by atomic mass is 10.5. The van der Waals surface area contributed by atoms with Crippen LogP contribution in [0.3, 0.4) is 0 Å². The van der Waals surface area contributed by atoms with Gasteiger partial charge in [0.15, 0.2) is 0 Å². The van der Waals surface area contributed by atoms with E-state index in [9.17, 15) is 0 Å². The molecule has 13 heavy (non-hydrogen) atoms. The molecule has 0 radical (unpaired) electrons. The van der Waals surface area contributed by atoms with Gasteiger partial charge in [-0.2, -0.15) is 0 Å². The van der Waals surface area contributed by atoms with Gasteiger partial charge < -0.3 is 4.98 Å². The molecular formula is C7H7Cl2NS3. The van der Waals surface area contributed by atoms with E-state index < -0.39 is 0 Å². The second-order valence-electron chi connectivity index (χ2n) is 2.15. The van der Waals surface area contributed by atoms with Crippen LogP contribution in [0.15, 0.2) is 10.1 Å². The minimum absolute atomic E-state index is 0.524. The van der Waals surface area contributed by atoms with Crippen LogP contribution in [0.5, 0.6) is 0 Å². The van der Waals surface area contributed by atoms with Crippen molar-refractivity contribution in [3.8, 4) is 0 Å². The van der Waals surface area contributed by atoms with Gasteiger partial charge in [-0.1, -0.05) is 35.4 Å². The predicted octanol–water partition coefficient (Wildman–Crippen LogP) is 4.49. The second-order valence-corrected chi connectivity index (χ2v) is 4.95. The molecule has 1 nitrogen and oxygen atoms in total. The van der Waals surface area contributed by atoms with Gasteiger partial charge in [-0.3, -0.25) is 0 Å². The van der Waals surface area contributed by atoms with Gasteiger partial charge >= 0.3 is 0 Å². The van der Waals surface area contributed by atoms with E-state index >= 15 is 0 Å². The molecule has 0 aromatic carbocycles. The summed E-state index contributed by atoms with van der Waals surface area (Å²) in [6.07, 6.45) is 3.87.